The van der Waals surface area contributed by atoms with Gasteiger partial charge in [0.05, 0.1) is 11.6 Å². The largest absolute Gasteiger partial charge is 0.384 e. The maximum atomic E-state index is 5.00. The third kappa shape index (κ3) is 4.20. The summed E-state index contributed by atoms with van der Waals surface area (Å²) in [5.74, 6) is 0.945. The Morgan fingerprint density at radius 3 is 3.07 bits per heavy atom. The topological polar surface area (TPSA) is 34.2 Å². The Bertz CT molecular complexity index is 294. The van der Waals surface area contributed by atoms with Gasteiger partial charge in [-0.25, -0.2) is 4.98 Å². The summed E-state index contributed by atoms with van der Waals surface area (Å²) in [4.78, 5) is 4.31. The van der Waals surface area contributed by atoms with E-state index >= 15 is 0 Å². The molecule has 0 amide bonds. The smallest absolute Gasteiger partial charge is 0.0963 e. The summed E-state index contributed by atoms with van der Waals surface area (Å²) in [6, 6.07) is 4.54. The first kappa shape index (κ1) is 12.5. The van der Waals surface area contributed by atoms with Crippen LogP contribution in [0.15, 0.2) is 23.4 Å². The first-order chi connectivity index (χ1) is 7.27. The molecule has 1 aromatic heterocycles. The number of thioether (sulfide) groups is 1. The lowest BCUT2D eigenvalue weighted by atomic mass is 10.1. The summed E-state index contributed by atoms with van der Waals surface area (Å²) in [7, 11) is 3.68. The molecule has 1 N–H and O–H groups in total. The fraction of sp³-hybridized carbons (Fsp3) is 0.545. The van der Waals surface area contributed by atoms with E-state index < -0.39 is 0 Å². The molecule has 0 bridgehead atoms. The molecule has 4 heteroatoms. The van der Waals surface area contributed by atoms with Gasteiger partial charge in [-0.2, -0.15) is 0 Å². The molecule has 0 saturated heterocycles. The van der Waals surface area contributed by atoms with Crippen LogP contribution in [0, 0.1) is 0 Å². The number of hydrogen-bond donors (Lipinski definition) is 1. The van der Waals surface area contributed by atoms with Crippen LogP contribution in [0.4, 0.5) is 0 Å². The van der Waals surface area contributed by atoms with Gasteiger partial charge in [-0.15, -0.1) is 11.8 Å². The van der Waals surface area contributed by atoms with Gasteiger partial charge in [0, 0.05) is 25.1 Å². The first-order valence-electron chi connectivity index (χ1n) is 5.03. The van der Waals surface area contributed by atoms with Crippen LogP contribution in [0.5, 0.6) is 0 Å². The fourth-order valence-electron chi connectivity index (χ4n) is 1.17. The monoisotopic (exact) mass is 226 g/mol. The van der Waals surface area contributed by atoms with E-state index in [0.717, 1.165) is 17.4 Å². The van der Waals surface area contributed by atoms with Crippen molar-refractivity contribution >= 4 is 11.8 Å². The highest BCUT2D eigenvalue weighted by Crippen LogP contribution is 2.19. The van der Waals surface area contributed by atoms with E-state index in [0.29, 0.717) is 6.04 Å². The molecule has 1 unspecified atom stereocenters. The Balaban J connectivity index is 2.57. The van der Waals surface area contributed by atoms with E-state index in [-0.39, 0.29) is 0 Å². The molecule has 0 spiro atoms. The van der Waals surface area contributed by atoms with Crippen LogP contribution in [0.1, 0.15) is 18.5 Å². The zero-order chi connectivity index (χ0) is 11.1. The van der Waals surface area contributed by atoms with Crippen molar-refractivity contribution in [2.75, 3.05) is 26.5 Å². The van der Waals surface area contributed by atoms with Crippen LogP contribution < -0.4 is 5.32 Å². The molecule has 0 fully saturated rings. The maximum Gasteiger partial charge on any atom is 0.0963 e. The highest BCUT2D eigenvalue weighted by atomic mass is 32.2. The van der Waals surface area contributed by atoms with Crippen molar-refractivity contribution in [2.24, 2.45) is 0 Å². The zero-order valence-electron chi connectivity index (χ0n) is 9.49. The summed E-state index contributed by atoms with van der Waals surface area (Å²) in [6.07, 6.45) is 1.86. The van der Waals surface area contributed by atoms with Crippen molar-refractivity contribution < 1.29 is 4.74 Å². The van der Waals surface area contributed by atoms with Gasteiger partial charge in [0.1, 0.15) is 0 Å². The van der Waals surface area contributed by atoms with Crippen LogP contribution in [0.2, 0.25) is 0 Å². The Kier molecular flexibility index (Phi) is 5.68. The Labute approximate surface area is 95.6 Å². The predicted octanol–water partition coefficient (Wildman–Crippen LogP) is 2.10. The second-order valence-corrected chi connectivity index (χ2v) is 4.39. The molecular weight excluding hydrogens is 208 g/mol. The van der Waals surface area contributed by atoms with Crippen LogP contribution in [0.25, 0.3) is 0 Å². The van der Waals surface area contributed by atoms with Gasteiger partial charge < -0.3 is 10.1 Å². The van der Waals surface area contributed by atoms with E-state index in [1.165, 1.54) is 5.56 Å². The number of methoxy groups -OCH3 is 1. The van der Waals surface area contributed by atoms with Crippen molar-refractivity contribution in [3.05, 3.63) is 23.9 Å². The van der Waals surface area contributed by atoms with Gasteiger partial charge in [-0.3, -0.25) is 0 Å². The van der Waals surface area contributed by atoms with Gasteiger partial charge in [-0.1, -0.05) is 0 Å². The van der Waals surface area contributed by atoms with Crippen molar-refractivity contribution in [1.29, 1.82) is 0 Å². The van der Waals surface area contributed by atoms with Crippen molar-refractivity contribution in [1.82, 2.24) is 10.3 Å². The van der Waals surface area contributed by atoms with Crippen LogP contribution in [0.3, 0.4) is 0 Å². The predicted molar refractivity (Wildman–Crippen MR) is 64.3 cm³/mol. The Morgan fingerprint density at radius 2 is 2.40 bits per heavy atom. The molecule has 1 aromatic rings. The van der Waals surface area contributed by atoms with Gasteiger partial charge in [0.15, 0.2) is 0 Å². The molecule has 0 saturated carbocycles. The first-order valence-corrected chi connectivity index (χ1v) is 6.01. The molecule has 0 radical (unpaired) electrons. The second kappa shape index (κ2) is 6.82. The van der Waals surface area contributed by atoms with Gasteiger partial charge >= 0.3 is 0 Å². The number of hydrogen-bond acceptors (Lipinski definition) is 4. The number of nitrogens with one attached hydrogen (secondary N) is 1. The molecule has 15 heavy (non-hydrogen) atoms. The molecule has 3 nitrogen and oxygen atoms in total. The summed E-state index contributed by atoms with van der Waals surface area (Å²) in [6.45, 7) is 2.90. The summed E-state index contributed by atoms with van der Waals surface area (Å²) >= 11 is 1.72. The molecule has 1 heterocycles. The summed E-state index contributed by atoms with van der Waals surface area (Å²) < 4.78 is 5.00. The number of aromatic nitrogens is 1. The normalized spacial score (nSPS) is 12.7. The molecule has 1 rings (SSSR count). The van der Waals surface area contributed by atoms with E-state index in [4.69, 9.17) is 4.74 Å². The molecule has 84 valence electrons. The quantitative estimate of drug-likeness (QED) is 0.595. The lowest BCUT2D eigenvalue weighted by molar-refractivity contribution is 0.218. The van der Waals surface area contributed by atoms with Gasteiger partial charge in [0.25, 0.3) is 0 Å². The number of rotatable bonds is 6. The van der Waals surface area contributed by atoms with E-state index in [9.17, 15) is 0 Å². The molecule has 0 aliphatic heterocycles. The average Bonchev–Trinajstić information content (AvgIpc) is 2.29. The van der Waals surface area contributed by atoms with Crippen molar-refractivity contribution in [2.45, 2.75) is 18.0 Å². The highest BCUT2D eigenvalue weighted by molar-refractivity contribution is 7.99. The highest BCUT2D eigenvalue weighted by Gasteiger charge is 2.03. The van der Waals surface area contributed by atoms with Crippen molar-refractivity contribution in [3.63, 3.8) is 0 Å². The lowest BCUT2D eigenvalue weighted by Gasteiger charge is -2.11. The zero-order valence-corrected chi connectivity index (χ0v) is 10.3. The van der Waals surface area contributed by atoms with Crippen LogP contribution in [-0.2, 0) is 4.74 Å². The Morgan fingerprint density at radius 1 is 1.60 bits per heavy atom. The molecule has 0 aliphatic rings. The molecule has 0 aliphatic carbocycles. The molecule has 0 aromatic carbocycles. The third-order valence-electron chi connectivity index (χ3n) is 2.23. The van der Waals surface area contributed by atoms with Gasteiger partial charge in [0.2, 0.25) is 0 Å². The van der Waals surface area contributed by atoms with E-state index in [1.807, 2.05) is 19.3 Å². The summed E-state index contributed by atoms with van der Waals surface area (Å²) in [5.41, 5.74) is 1.27. The number of nitrogens with zero attached hydrogens (tertiary/aromatic N) is 1. The minimum atomic E-state index is 0.370. The maximum absolute atomic E-state index is 5.00. The summed E-state index contributed by atoms with van der Waals surface area (Å²) in [5, 5.41) is 4.28. The standard InChI is InChI=1S/C11H18N2OS/c1-9(12-2)10-4-5-13-11(8-10)15-7-6-14-3/h4-5,8-9,12H,6-7H2,1-3H3. The lowest BCUT2D eigenvalue weighted by Crippen LogP contribution is -2.12. The van der Waals surface area contributed by atoms with E-state index in [2.05, 4.69) is 23.3 Å². The minimum absolute atomic E-state index is 0.370. The van der Waals surface area contributed by atoms with Crippen molar-refractivity contribution in [3.8, 4) is 0 Å². The minimum Gasteiger partial charge on any atom is -0.384 e. The van der Waals surface area contributed by atoms with E-state index in [1.54, 1.807) is 18.9 Å². The SMILES string of the molecule is CNC(C)c1ccnc(SCCOC)c1. The van der Waals surface area contributed by atoms with Gasteiger partial charge in [-0.05, 0) is 31.7 Å². The average molecular weight is 226 g/mol. The molecular formula is C11H18N2OS. The Hall–Kier alpha value is -0.580. The van der Waals surface area contributed by atoms with Crippen LogP contribution >= 0.6 is 11.8 Å². The second-order valence-electron chi connectivity index (χ2n) is 3.28. The third-order valence-corrected chi connectivity index (χ3v) is 3.12. The number of ether oxygens (including phenoxy) is 1. The molecule has 1 atom stereocenters. The fourth-order valence-corrected chi connectivity index (χ4v) is 1.98. The van der Waals surface area contributed by atoms with Crippen LogP contribution in [-0.4, -0.2) is 31.5 Å². The number of pyridine rings is 1.